The highest BCUT2D eigenvalue weighted by molar-refractivity contribution is 5.65. The molecule has 1 aromatic heterocycles. The van der Waals surface area contributed by atoms with Gasteiger partial charge in [-0.2, -0.15) is 5.10 Å². The van der Waals surface area contributed by atoms with Crippen LogP contribution in [-0.4, -0.2) is 35.5 Å². The van der Waals surface area contributed by atoms with Crippen molar-refractivity contribution in [3.05, 3.63) is 66.5 Å². The maximum Gasteiger partial charge on any atom is 0.150 e. The minimum absolute atomic E-state index is 0.0988. The van der Waals surface area contributed by atoms with Crippen LogP contribution in [0, 0.1) is 5.92 Å². The summed E-state index contributed by atoms with van der Waals surface area (Å²) >= 11 is 0. The molecule has 5 nitrogen and oxygen atoms in total. The van der Waals surface area contributed by atoms with Gasteiger partial charge in [0, 0.05) is 48.9 Å². The number of rotatable bonds is 5. The molecule has 4 heterocycles. The molecule has 3 aliphatic rings. The van der Waals surface area contributed by atoms with Crippen LogP contribution in [0.1, 0.15) is 50.3 Å². The van der Waals surface area contributed by atoms with E-state index in [1.807, 2.05) is 10.9 Å². The van der Waals surface area contributed by atoms with Crippen molar-refractivity contribution >= 4 is 11.4 Å². The molecule has 2 saturated heterocycles. The van der Waals surface area contributed by atoms with E-state index in [0.29, 0.717) is 6.04 Å². The van der Waals surface area contributed by atoms with Gasteiger partial charge in [-0.25, -0.2) is 4.68 Å². The van der Waals surface area contributed by atoms with E-state index >= 15 is 0 Å². The number of hydrogen-bond acceptors (Lipinski definition) is 4. The number of ether oxygens (including phenoxy) is 1. The fourth-order valence-corrected chi connectivity index (χ4v) is 5.79. The van der Waals surface area contributed by atoms with Crippen molar-refractivity contribution in [1.29, 1.82) is 0 Å². The lowest BCUT2D eigenvalue weighted by molar-refractivity contribution is -0.0394. The highest BCUT2D eigenvalue weighted by Gasteiger charge is 2.26. The number of piperidine rings is 1. The van der Waals surface area contributed by atoms with Crippen molar-refractivity contribution in [3.8, 4) is 11.1 Å². The number of hydrogen-bond donors (Lipinski definition) is 1. The maximum absolute atomic E-state index is 5.87. The average Bonchev–Trinajstić information content (AvgIpc) is 3.52. The lowest BCUT2D eigenvalue weighted by Gasteiger charge is -2.34. The zero-order valence-electron chi connectivity index (χ0n) is 19.3. The number of nitrogens with one attached hydrogen (secondary N) is 1. The van der Waals surface area contributed by atoms with Crippen molar-refractivity contribution in [2.75, 3.05) is 29.9 Å². The fourth-order valence-electron chi connectivity index (χ4n) is 5.79. The quantitative estimate of drug-likeness (QED) is 0.535. The molecule has 172 valence electrons. The van der Waals surface area contributed by atoms with Crippen LogP contribution in [0.3, 0.4) is 0 Å². The highest BCUT2D eigenvalue weighted by atomic mass is 16.5. The number of fused-ring (bicyclic) bond motifs is 1. The summed E-state index contributed by atoms with van der Waals surface area (Å²) < 4.78 is 7.86. The summed E-state index contributed by atoms with van der Waals surface area (Å²) in [6, 6.07) is 18.4. The molecule has 6 rings (SSSR count). The lowest BCUT2D eigenvalue weighted by atomic mass is 9.89. The molecule has 2 aromatic carbocycles. The molecule has 0 saturated carbocycles. The standard InChI is InChI=1S/C28H34N4O/c1-2-6-27-23(5-1)18-25(30-27)17-21-12-14-31(15-13-21)26-10-8-22(9-11-26)24-19-29-32(20-24)28-7-3-4-16-33-28/h1-2,5-6,8-11,19-21,25,28,30H,3-4,7,12-18H2. The van der Waals surface area contributed by atoms with E-state index in [0.717, 1.165) is 38.5 Å². The van der Waals surface area contributed by atoms with Gasteiger partial charge >= 0.3 is 0 Å². The predicted octanol–water partition coefficient (Wildman–Crippen LogP) is 5.89. The van der Waals surface area contributed by atoms with Crippen LogP contribution in [0.2, 0.25) is 0 Å². The van der Waals surface area contributed by atoms with Crippen LogP contribution in [0.5, 0.6) is 0 Å². The summed E-state index contributed by atoms with van der Waals surface area (Å²) in [7, 11) is 0. The first-order valence-electron chi connectivity index (χ1n) is 12.7. The van der Waals surface area contributed by atoms with E-state index in [9.17, 15) is 0 Å². The number of nitrogens with zero attached hydrogens (tertiary/aromatic N) is 3. The number of para-hydroxylation sites is 1. The third-order valence-electron chi connectivity index (χ3n) is 7.69. The second-order valence-corrected chi connectivity index (χ2v) is 9.95. The highest BCUT2D eigenvalue weighted by Crippen LogP contribution is 2.33. The minimum atomic E-state index is 0.0988. The van der Waals surface area contributed by atoms with Gasteiger partial charge in [-0.3, -0.25) is 0 Å². The molecule has 0 radical (unpaired) electrons. The maximum atomic E-state index is 5.87. The molecular formula is C28H34N4O. The molecule has 33 heavy (non-hydrogen) atoms. The topological polar surface area (TPSA) is 42.3 Å². The zero-order chi connectivity index (χ0) is 22.0. The Morgan fingerprint density at radius 2 is 1.79 bits per heavy atom. The van der Waals surface area contributed by atoms with Crippen molar-refractivity contribution in [2.45, 2.75) is 57.2 Å². The van der Waals surface area contributed by atoms with Gasteiger partial charge in [0.05, 0.1) is 6.20 Å². The first-order chi connectivity index (χ1) is 16.3. The summed E-state index contributed by atoms with van der Waals surface area (Å²) in [5, 5.41) is 8.31. The van der Waals surface area contributed by atoms with Crippen LogP contribution in [0.4, 0.5) is 11.4 Å². The Balaban J connectivity index is 1.02. The first kappa shape index (κ1) is 20.8. The minimum Gasteiger partial charge on any atom is -0.382 e. The van der Waals surface area contributed by atoms with E-state index < -0.39 is 0 Å². The molecule has 2 unspecified atom stereocenters. The van der Waals surface area contributed by atoms with E-state index in [-0.39, 0.29) is 6.23 Å². The van der Waals surface area contributed by atoms with Crippen molar-refractivity contribution < 1.29 is 4.74 Å². The average molecular weight is 443 g/mol. The number of benzene rings is 2. The van der Waals surface area contributed by atoms with Gasteiger partial charge in [0.2, 0.25) is 0 Å². The second kappa shape index (κ2) is 9.22. The van der Waals surface area contributed by atoms with Crippen molar-refractivity contribution in [2.24, 2.45) is 5.92 Å². The van der Waals surface area contributed by atoms with Crippen LogP contribution in [-0.2, 0) is 11.2 Å². The normalized spacial score (nSPS) is 23.3. The Labute approximate surface area is 196 Å². The Morgan fingerprint density at radius 3 is 2.58 bits per heavy atom. The molecular weight excluding hydrogens is 408 g/mol. The van der Waals surface area contributed by atoms with Gasteiger partial charge in [-0.1, -0.05) is 30.3 Å². The van der Waals surface area contributed by atoms with Gasteiger partial charge < -0.3 is 15.0 Å². The van der Waals surface area contributed by atoms with Crippen LogP contribution < -0.4 is 10.2 Å². The van der Waals surface area contributed by atoms with Gasteiger partial charge in [-0.05, 0) is 80.2 Å². The largest absolute Gasteiger partial charge is 0.382 e. The van der Waals surface area contributed by atoms with Crippen LogP contribution in [0.15, 0.2) is 60.9 Å². The van der Waals surface area contributed by atoms with Gasteiger partial charge in [0.1, 0.15) is 6.23 Å². The molecule has 3 aliphatic heterocycles. The number of aromatic nitrogens is 2. The third kappa shape index (κ3) is 4.51. The molecule has 3 aromatic rings. The molecule has 0 bridgehead atoms. The molecule has 0 spiro atoms. The molecule has 5 heteroatoms. The Morgan fingerprint density at radius 1 is 0.939 bits per heavy atom. The van der Waals surface area contributed by atoms with E-state index in [2.05, 4.69) is 70.0 Å². The second-order valence-electron chi connectivity index (χ2n) is 9.95. The molecule has 0 amide bonds. The molecule has 0 aliphatic carbocycles. The summed E-state index contributed by atoms with van der Waals surface area (Å²) in [5.41, 5.74) is 6.56. The lowest BCUT2D eigenvalue weighted by Crippen LogP contribution is -2.35. The predicted molar refractivity (Wildman–Crippen MR) is 134 cm³/mol. The number of anilines is 2. The smallest absolute Gasteiger partial charge is 0.150 e. The van der Waals surface area contributed by atoms with Gasteiger partial charge in [-0.15, -0.1) is 0 Å². The van der Waals surface area contributed by atoms with Crippen LogP contribution in [0.25, 0.3) is 11.1 Å². The van der Waals surface area contributed by atoms with Crippen molar-refractivity contribution in [1.82, 2.24) is 9.78 Å². The summed E-state index contributed by atoms with van der Waals surface area (Å²) in [6.07, 6.45) is 12.7. The third-order valence-corrected chi connectivity index (χ3v) is 7.69. The van der Waals surface area contributed by atoms with Gasteiger partial charge in [0.15, 0.2) is 0 Å². The molecule has 2 atom stereocenters. The summed E-state index contributed by atoms with van der Waals surface area (Å²) in [6.45, 7) is 3.15. The Kier molecular flexibility index (Phi) is 5.81. The van der Waals surface area contributed by atoms with E-state index in [1.54, 1.807) is 0 Å². The fraction of sp³-hybridized carbons (Fsp3) is 0.464. The van der Waals surface area contributed by atoms with Gasteiger partial charge in [0.25, 0.3) is 0 Å². The van der Waals surface area contributed by atoms with Crippen molar-refractivity contribution in [3.63, 3.8) is 0 Å². The first-order valence-corrected chi connectivity index (χ1v) is 12.7. The van der Waals surface area contributed by atoms with Crippen LogP contribution >= 0.6 is 0 Å². The van der Waals surface area contributed by atoms with E-state index in [4.69, 9.17) is 4.74 Å². The summed E-state index contributed by atoms with van der Waals surface area (Å²) in [4.78, 5) is 2.55. The Hall–Kier alpha value is -2.79. The SMILES string of the molecule is c1ccc2c(c1)CC(CC1CCN(c3ccc(-c4cnn(C5CCCCO5)c4)cc3)CC1)N2. The summed E-state index contributed by atoms with van der Waals surface area (Å²) in [5.74, 6) is 0.820. The molecule has 1 N–H and O–H groups in total. The van der Waals surface area contributed by atoms with E-state index in [1.165, 1.54) is 60.2 Å². The Bertz CT molecular complexity index is 1040. The molecule has 2 fully saturated rings. The zero-order valence-corrected chi connectivity index (χ0v) is 19.3. The monoisotopic (exact) mass is 442 g/mol.